The molecule has 1 N–H and O–H groups in total. The minimum Gasteiger partial charge on any atom is -0.340 e. The average Bonchev–Trinajstić information content (AvgIpc) is 2.01. The van der Waals surface area contributed by atoms with Crippen LogP contribution in [0, 0.1) is 0 Å². The number of nitrogens with one attached hydrogen (secondary N) is 1. The molecule has 74 valence electrons. The molecular weight excluding hydrogens is 191 g/mol. The van der Waals surface area contributed by atoms with E-state index in [0.29, 0.717) is 0 Å². The Labute approximate surface area is 71.1 Å². The maximum atomic E-state index is 11.8. The van der Waals surface area contributed by atoms with E-state index in [-0.39, 0.29) is 19.0 Å². The topological polar surface area (TPSA) is 63.2 Å². The molecule has 0 unspecified atom stereocenters. The largest absolute Gasteiger partial charge is 0.392 e. The molecule has 0 aromatic carbocycles. The van der Waals surface area contributed by atoms with Crippen molar-refractivity contribution in [3.05, 3.63) is 0 Å². The number of hydrogen-bond donors (Lipinski definition) is 1. The van der Waals surface area contributed by atoms with Gasteiger partial charge < -0.3 is 14.9 Å². The van der Waals surface area contributed by atoms with Crippen LogP contribution in [0.3, 0.4) is 0 Å². The van der Waals surface area contributed by atoms with Gasteiger partial charge in [-0.15, -0.1) is 0 Å². The van der Waals surface area contributed by atoms with Crippen molar-refractivity contribution in [1.82, 2.24) is 5.32 Å². The standard InChI is InChI=1S/C6H6F3NO3/c7-6(8,9)1-5(2-11,3-12)10-4-13/h2-4H,1H2,(H,10,13). The fraction of sp³-hybridized carbons (Fsp3) is 0.500. The lowest BCUT2D eigenvalue weighted by Crippen LogP contribution is -2.50. The fourth-order valence-electron chi connectivity index (χ4n) is 0.672. The quantitative estimate of drug-likeness (QED) is 0.491. The van der Waals surface area contributed by atoms with Crippen LogP contribution in [-0.2, 0) is 14.4 Å². The maximum absolute atomic E-state index is 11.8. The van der Waals surface area contributed by atoms with Crippen molar-refractivity contribution < 1.29 is 27.6 Å². The number of aldehydes is 2. The van der Waals surface area contributed by atoms with Gasteiger partial charge in [-0.3, -0.25) is 4.79 Å². The Hall–Kier alpha value is -1.40. The van der Waals surface area contributed by atoms with Crippen LogP contribution in [0.2, 0.25) is 0 Å². The van der Waals surface area contributed by atoms with Crippen molar-refractivity contribution in [3.63, 3.8) is 0 Å². The molecule has 13 heavy (non-hydrogen) atoms. The predicted octanol–water partition coefficient (Wildman–Crippen LogP) is -0.179. The molecule has 0 fully saturated rings. The number of halogens is 3. The molecule has 0 aromatic heterocycles. The molecule has 0 atom stereocenters. The van der Waals surface area contributed by atoms with E-state index in [1.807, 2.05) is 0 Å². The van der Waals surface area contributed by atoms with Gasteiger partial charge in [-0.1, -0.05) is 0 Å². The van der Waals surface area contributed by atoms with E-state index in [1.54, 1.807) is 0 Å². The first-order chi connectivity index (χ1) is 5.89. The molecule has 0 radical (unpaired) electrons. The first-order valence-electron chi connectivity index (χ1n) is 3.10. The highest BCUT2D eigenvalue weighted by Crippen LogP contribution is 2.25. The van der Waals surface area contributed by atoms with E-state index in [4.69, 9.17) is 0 Å². The van der Waals surface area contributed by atoms with Gasteiger partial charge in [0.15, 0.2) is 18.1 Å². The van der Waals surface area contributed by atoms with Crippen LogP contribution >= 0.6 is 0 Å². The molecule has 0 aliphatic rings. The third-order valence-electron chi connectivity index (χ3n) is 1.24. The van der Waals surface area contributed by atoms with E-state index in [0.717, 1.165) is 0 Å². The lowest BCUT2D eigenvalue weighted by Gasteiger charge is -2.21. The normalized spacial score (nSPS) is 11.9. The van der Waals surface area contributed by atoms with E-state index in [9.17, 15) is 27.6 Å². The SMILES string of the molecule is O=CNC(C=O)(C=O)CC(F)(F)F. The molecule has 4 nitrogen and oxygen atoms in total. The summed E-state index contributed by atoms with van der Waals surface area (Å²) >= 11 is 0. The number of alkyl halides is 3. The van der Waals surface area contributed by atoms with Crippen molar-refractivity contribution in [1.29, 1.82) is 0 Å². The highest BCUT2D eigenvalue weighted by atomic mass is 19.4. The van der Waals surface area contributed by atoms with Gasteiger partial charge in [-0.05, 0) is 0 Å². The summed E-state index contributed by atoms with van der Waals surface area (Å²) in [6.07, 6.45) is -7.03. The van der Waals surface area contributed by atoms with Crippen LogP contribution in [0.4, 0.5) is 13.2 Å². The number of carbonyl (C=O) groups is 3. The van der Waals surface area contributed by atoms with Gasteiger partial charge in [0.1, 0.15) is 0 Å². The minimum atomic E-state index is -4.70. The summed E-state index contributed by atoms with van der Waals surface area (Å²) in [6, 6.07) is 0. The number of rotatable bonds is 5. The molecule has 7 heteroatoms. The van der Waals surface area contributed by atoms with Gasteiger partial charge in [-0.25, -0.2) is 0 Å². The van der Waals surface area contributed by atoms with Gasteiger partial charge in [-0.2, -0.15) is 13.2 Å². The third kappa shape index (κ3) is 3.68. The molecule has 0 spiro atoms. The lowest BCUT2D eigenvalue weighted by atomic mass is 9.99. The summed E-state index contributed by atoms with van der Waals surface area (Å²) in [5, 5.41) is 1.52. The summed E-state index contributed by atoms with van der Waals surface area (Å²) < 4.78 is 35.3. The molecule has 0 heterocycles. The molecule has 0 rings (SSSR count). The maximum Gasteiger partial charge on any atom is 0.392 e. The van der Waals surface area contributed by atoms with E-state index in [2.05, 4.69) is 0 Å². The molecule has 0 bridgehead atoms. The lowest BCUT2D eigenvalue weighted by molar-refractivity contribution is -0.158. The zero-order valence-corrected chi connectivity index (χ0v) is 6.30. The van der Waals surface area contributed by atoms with Gasteiger partial charge in [0.05, 0.1) is 6.42 Å². The molecule has 0 aliphatic heterocycles. The second-order valence-corrected chi connectivity index (χ2v) is 2.33. The Morgan fingerprint density at radius 3 is 1.77 bits per heavy atom. The third-order valence-corrected chi connectivity index (χ3v) is 1.24. The van der Waals surface area contributed by atoms with Crippen molar-refractivity contribution >= 4 is 19.0 Å². The van der Waals surface area contributed by atoms with Crippen LogP contribution in [0.25, 0.3) is 0 Å². The Bertz CT molecular complexity index is 206. The first kappa shape index (κ1) is 11.6. The highest BCUT2D eigenvalue weighted by Gasteiger charge is 2.42. The molecule has 0 aromatic rings. The summed E-state index contributed by atoms with van der Waals surface area (Å²) in [5.74, 6) is 0. The Kier molecular flexibility index (Phi) is 3.58. The Balaban J connectivity index is 4.66. The van der Waals surface area contributed by atoms with Gasteiger partial charge >= 0.3 is 6.18 Å². The van der Waals surface area contributed by atoms with Crippen LogP contribution in [-0.4, -0.2) is 30.7 Å². The summed E-state index contributed by atoms with van der Waals surface area (Å²) in [6.45, 7) is 0. The number of amides is 1. The van der Waals surface area contributed by atoms with Crippen molar-refractivity contribution in [2.75, 3.05) is 0 Å². The van der Waals surface area contributed by atoms with Crippen LogP contribution in [0.5, 0.6) is 0 Å². The summed E-state index contributed by atoms with van der Waals surface area (Å²) in [7, 11) is 0. The van der Waals surface area contributed by atoms with Crippen LogP contribution in [0.15, 0.2) is 0 Å². The highest BCUT2D eigenvalue weighted by molar-refractivity contribution is 5.91. The smallest absolute Gasteiger partial charge is 0.340 e. The van der Waals surface area contributed by atoms with Crippen LogP contribution < -0.4 is 5.32 Å². The second kappa shape index (κ2) is 4.01. The average molecular weight is 197 g/mol. The van der Waals surface area contributed by atoms with Crippen molar-refractivity contribution in [2.24, 2.45) is 0 Å². The Morgan fingerprint density at radius 2 is 1.54 bits per heavy atom. The Morgan fingerprint density at radius 1 is 1.08 bits per heavy atom. The summed E-state index contributed by atoms with van der Waals surface area (Å²) in [5.41, 5.74) is -2.49. The number of hydrogen-bond acceptors (Lipinski definition) is 3. The molecule has 0 saturated heterocycles. The number of carbonyl (C=O) groups excluding carboxylic acids is 3. The summed E-state index contributed by atoms with van der Waals surface area (Å²) in [4.78, 5) is 30.2. The monoisotopic (exact) mass is 197 g/mol. The van der Waals surface area contributed by atoms with Gasteiger partial charge in [0, 0.05) is 0 Å². The molecule has 1 amide bonds. The zero-order valence-electron chi connectivity index (χ0n) is 6.30. The van der Waals surface area contributed by atoms with Crippen molar-refractivity contribution in [3.8, 4) is 0 Å². The predicted molar refractivity (Wildman–Crippen MR) is 34.7 cm³/mol. The zero-order chi connectivity index (χ0) is 10.5. The van der Waals surface area contributed by atoms with Gasteiger partial charge in [0.2, 0.25) is 6.41 Å². The molecule has 0 aliphatic carbocycles. The van der Waals surface area contributed by atoms with E-state index in [1.165, 1.54) is 5.32 Å². The molecular formula is C6H6F3NO3. The second-order valence-electron chi connectivity index (χ2n) is 2.33. The minimum absolute atomic E-state index is 0.130. The first-order valence-corrected chi connectivity index (χ1v) is 3.10. The molecule has 0 saturated carbocycles. The van der Waals surface area contributed by atoms with Crippen LogP contribution in [0.1, 0.15) is 6.42 Å². The fourth-order valence-corrected chi connectivity index (χ4v) is 0.672. The van der Waals surface area contributed by atoms with E-state index >= 15 is 0 Å². The van der Waals surface area contributed by atoms with Gasteiger partial charge in [0.25, 0.3) is 0 Å². The van der Waals surface area contributed by atoms with E-state index < -0.39 is 18.1 Å². The van der Waals surface area contributed by atoms with Crippen molar-refractivity contribution in [2.45, 2.75) is 18.1 Å².